The molecule has 0 radical (unpaired) electrons. The molecule has 0 spiro atoms. The van der Waals surface area contributed by atoms with Gasteiger partial charge in [0.15, 0.2) is 0 Å². The van der Waals surface area contributed by atoms with Gasteiger partial charge in [-0.3, -0.25) is 4.79 Å². The molecule has 4 aromatic carbocycles. The van der Waals surface area contributed by atoms with Crippen LogP contribution in [0.3, 0.4) is 0 Å². The lowest BCUT2D eigenvalue weighted by Crippen LogP contribution is -2.39. The quantitative estimate of drug-likeness (QED) is 0.139. The Morgan fingerprint density at radius 3 is 2.20 bits per heavy atom. The zero-order valence-electron chi connectivity index (χ0n) is 25.1. The maximum Gasteiger partial charge on any atom is 0.345 e. The van der Waals surface area contributed by atoms with Crippen molar-refractivity contribution >= 4 is 39.0 Å². The molecule has 5 nitrogen and oxygen atoms in total. The van der Waals surface area contributed by atoms with E-state index in [1.807, 2.05) is 60.7 Å². The minimum Gasteiger partial charge on any atom is -0.452 e. The largest absolute Gasteiger partial charge is 0.452 e. The topological polar surface area (TPSA) is 55.8 Å². The number of esters is 1. The summed E-state index contributed by atoms with van der Waals surface area (Å²) in [6, 6.07) is 31.4. The monoisotopic (exact) mass is 599 g/mol. The summed E-state index contributed by atoms with van der Waals surface area (Å²) in [4.78, 5) is 29.2. The number of ether oxygens (including phenoxy) is 2. The molecule has 1 amide bonds. The van der Waals surface area contributed by atoms with E-state index in [9.17, 15) is 9.59 Å². The van der Waals surface area contributed by atoms with Gasteiger partial charge in [-0.1, -0.05) is 67.6 Å². The first-order valence-corrected chi connectivity index (χ1v) is 15.7. The SMILES string of the molecule is CCCCc1ccc(C#Cc2ccc(CN(C(=O)c3cc4ccccc4s3)c3ccc4c(c3)C(=O)OC(C)(C)O4)cc2)cc1. The lowest BCUT2D eigenvalue weighted by molar-refractivity contribution is -0.127. The zero-order chi connectivity index (χ0) is 30.7. The summed E-state index contributed by atoms with van der Waals surface area (Å²) < 4.78 is 12.4. The highest BCUT2D eigenvalue weighted by Crippen LogP contribution is 2.35. The molecule has 1 aliphatic rings. The van der Waals surface area contributed by atoms with Crippen molar-refractivity contribution in [2.24, 2.45) is 0 Å². The van der Waals surface area contributed by atoms with Gasteiger partial charge in [0.2, 0.25) is 5.79 Å². The van der Waals surface area contributed by atoms with Gasteiger partial charge in [-0.25, -0.2) is 4.79 Å². The van der Waals surface area contributed by atoms with Gasteiger partial charge in [0.1, 0.15) is 11.3 Å². The van der Waals surface area contributed by atoms with Crippen molar-refractivity contribution in [3.05, 3.63) is 130 Å². The minimum atomic E-state index is -1.05. The van der Waals surface area contributed by atoms with E-state index in [-0.39, 0.29) is 5.91 Å². The number of carbonyl (C=O) groups is 2. The van der Waals surface area contributed by atoms with E-state index in [1.54, 1.807) is 30.9 Å². The fourth-order valence-corrected chi connectivity index (χ4v) is 6.17. The van der Waals surface area contributed by atoms with Gasteiger partial charge < -0.3 is 14.4 Å². The zero-order valence-corrected chi connectivity index (χ0v) is 25.9. The Labute approximate surface area is 262 Å². The van der Waals surface area contributed by atoms with E-state index >= 15 is 0 Å². The molecule has 0 bridgehead atoms. The Hall–Kier alpha value is -4.86. The molecule has 2 heterocycles. The molecular weight excluding hydrogens is 566 g/mol. The third-order valence-corrected chi connectivity index (χ3v) is 8.59. The lowest BCUT2D eigenvalue weighted by Gasteiger charge is -2.32. The second-order valence-corrected chi connectivity index (χ2v) is 12.4. The van der Waals surface area contributed by atoms with E-state index in [1.165, 1.54) is 29.7 Å². The van der Waals surface area contributed by atoms with Crippen LogP contribution in [-0.4, -0.2) is 17.7 Å². The maximum absolute atomic E-state index is 14.0. The van der Waals surface area contributed by atoms with Crippen LogP contribution in [0.2, 0.25) is 0 Å². The molecule has 1 aliphatic heterocycles. The highest BCUT2D eigenvalue weighted by Gasteiger charge is 2.34. The van der Waals surface area contributed by atoms with E-state index in [2.05, 4.69) is 43.0 Å². The van der Waals surface area contributed by atoms with Crippen molar-refractivity contribution in [3.63, 3.8) is 0 Å². The number of hydrogen-bond acceptors (Lipinski definition) is 5. The molecule has 0 unspecified atom stereocenters. The number of carbonyl (C=O) groups excluding carboxylic acids is 2. The number of cyclic esters (lactones) is 1. The number of fused-ring (bicyclic) bond motifs is 2. The second-order valence-electron chi connectivity index (χ2n) is 11.4. The van der Waals surface area contributed by atoms with Gasteiger partial charge in [0.25, 0.3) is 5.91 Å². The molecule has 0 saturated heterocycles. The van der Waals surface area contributed by atoms with Crippen LogP contribution in [0, 0.1) is 11.8 Å². The molecule has 5 aromatic rings. The van der Waals surface area contributed by atoms with Gasteiger partial charge in [-0.05, 0) is 84.0 Å². The predicted octanol–water partition coefficient (Wildman–Crippen LogP) is 8.78. The van der Waals surface area contributed by atoms with Crippen molar-refractivity contribution in [3.8, 4) is 17.6 Å². The fourth-order valence-electron chi connectivity index (χ4n) is 5.15. The van der Waals surface area contributed by atoms with Gasteiger partial charge in [-0.2, -0.15) is 0 Å². The van der Waals surface area contributed by atoms with Crippen LogP contribution in [0.15, 0.2) is 97.1 Å². The first kappa shape index (κ1) is 29.2. The Bertz CT molecular complexity index is 1860. The Kier molecular flexibility index (Phi) is 8.23. The molecule has 44 heavy (non-hydrogen) atoms. The summed E-state index contributed by atoms with van der Waals surface area (Å²) in [5, 5.41) is 1.02. The first-order chi connectivity index (χ1) is 21.3. The number of hydrogen-bond donors (Lipinski definition) is 0. The van der Waals surface area contributed by atoms with Crippen molar-refractivity contribution in [1.29, 1.82) is 0 Å². The van der Waals surface area contributed by atoms with Crippen molar-refractivity contribution in [1.82, 2.24) is 0 Å². The summed E-state index contributed by atoms with van der Waals surface area (Å²) in [7, 11) is 0. The summed E-state index contributed by atoms with van der Waals surface area (Å²) in [5.74, 6) is 5.25. The van der Waals surface area contributed by atoms with Crippen LogP contribution in [-0.2, 0) is 17.7 Å². The van der Waals surface area contributed by atoms with Crippen LogP contribution < -0.4 is 9.64 Å². The van der Waals surface area contributed by atoms with Gasteiger partial charge in [0.05, 0.1) is 11.4 Å². The molecular formula is C38H33NO4S. The molecule has 0 aliphatic carbocycles. The first-order valence-electron chi connectivity index (χ1n) is 14.8. The van der Waals surface area contributed by atoms with Crippen LogP contribution in [0.1, 0.15) is 75.9 Å². The van der Waals surface area contributed by atoms with Crippen LogP contribution in [0.4, 0.5) is 5.69 Å². The third-order valence-electron chi connectivity index (χ3n) is 7.49. The van der Waals surface area contributed by atoms with Crippen molar-refractivity contribution < 1.29 is 19.1 Å². The van der Waals surface area contributed by atoms with E-state index in [4.69, 9.17) is 9.47 Å². The fraction of sp³-hybridized carbons (Fsp3) is 0.211. The molecule has 0 saturated carbocycles. The minimum absolute atomic E-state index is 0.150. The van der Waals surface area contributed by atoms with E-state index in [0.717, 1.165) is 33.2 Å². The standard InChI is InChI=1S/C38H33NO4S/c1-4-5-8-26-11-13-27(14-12-26)15-16-28-17-19-29(20-18-28)25-39(36(40)35-23-30-9-6-7-10-34(30)44-35)31-21-22-33-32(24-31)37(41)43-38(2,3)42-33/h6-7,9-14,17-24H,4-5,8,25H2,1-3H3. The number of thiophene rings is 1. The second kappa shape index (κ2) is 12.4. The highest BCUT2D eigenvalue weighted by atomic mass is 32.1. The molecule has 6 heteroatoms. The number of benzene rings is 4. The van der Waals surface area contributed by atoms with Crippen molar-refractivity contribution in [2.45, 2.75) is 52.4 Å². The molecule has 220 valence electrons. The highest BCUT2D eigenvalue weighted by molar-refractivity contribution is 7.20. The average Bonchev–Trinajstić information content (AvgIpc) is 3.46. The van der Waals surface area contributed by atoms with Crippen LogP contribution >= 0.6 is 11.3 Å². The molecule has 6 rings (SSSR count). The summed E-state index contributed by atoms with van der Waals surface area (Å²) in [6.45, 7) is 5.89. The van der Waals surface area contributed by atoms with Gasteiger partial charge in [-0.15, -0.1) is 11.3 Å². The van der Waals surface area contributed by atoms with Crippen LogP contribution in [0.5, 0.6) is 5.75 Å². The smallest absolute Gasteiger partial charge is 0.345 e. The number of rotatable bonds is 7. The lowest BCUT2D eigenvalue weighted by atomic mass is 10.1. The predicted molar refractivity (Wildman–Crippen MR) is 176 cm³/mol. The number of amides is 1. The molecule has 0 N–H and O–H groups in total. The molecule has 0 atom stereocenters. The summed E-state index contributed by atoms with van der Waals surface area (Å²) >= 11 is 1.45. The van der Waals surface area contributed by atoms with E-state index in [0.29, 0.717) is 28.4 Å². The number of aryl methyl sites for hydroxylation is 1. The average molecular weight is 600 g/mol. The third kappa shape index (κ3) is 6.54. The van der Waals surface area contributed by atoms with Gasteiger partial charge >= 0.3 is 5.97 Å². The molecule has 0 fully saturated rings. The molecule has 1 aromatic heterocycles. The summed E-state index contributed by atoms with van der Waals surface area (Å²) in [5.41, 5.74) is 5.01. The van der Waals surface area contributed by atoms with Crippen molar-refractivity contribution in [2.75, 3.05) is 4.90 Å². The van der Waals surface area contributed by atoms with Gasteiger partial charge in [0, 0.05) is 35.4 Å². The summed E-state index contributed by atoms with van der Waals surface area (Å²) in [6.07, 6.45) is 3.47. The number of anilines is 1. The Morgan fingerprint density at radius 2 is 1.52 bits per heavy atom. The number of unbranched alkanes of at least 4 members (excludes halogenated alkanes) is 1. The Balaban J connectivity index is 1.27. The normalized spacial score (nSPS) is 13.3. The number of nitrogens with zero attached hydrogens (tertiary/aromatic N) is 1. The maximum atomic E-state index is 14.0. The van der Waals surface area contributed by atoms with E-state index < -0.39 is 11.8 Å². The Morgan fingerprint density at radius 1 is 0.841 bits per heavy atom. The van der Waals surface area contributed by atoms with Crippen LogP contribution in [0.25, 0.3) is 10.1 Å².